The van der Waals surface area contributed by atoms with E-state index in [1.165, 1.54) is 6.92 Å². The van der Waals surface area contributed by atoms with E-state index in [1.54, 1.807) is 13.0 Å². The van der Waals surface area contributed by atoms with Crippen molar-refractivity contribution in [1.29, 1.82) is 0 Å². The molecule has 110 valence electrons. The summed E-state index contributed by atoms with van der Waals surface area (Å²) in [5.41, 5.74) is 0.826. The van der Waals surface area contributed by atoms with Crippen LogP contribution in [-0.2, 0) is 14.3 Å². The van der Waals surface area contributed by atoms with E-state index in [1.807, 2.05) is 30.3 Å². The summed E-state index contributed by atoms with van der Waals surface area (Å²) in [5, 5.41) is -0.456. The number of rotatable bonds is 4. The summed E-state index contributed by atoms with van der Waals surface area (Å²) in [7, 11) is 0. The van der Waals surface area contributed by atoms with Gasteiger partial charge in [-0.05, 0) is 37.2 Å². The van der Waals surface area contributed by atoms with Crippen molar-refractivity contribution >= 4 is 35.0 Å². The van der Waals surface area contributed by atoms with E-state index >= 15 is 0 Å². The zero-order valence-corrected chi connectivity index (χ0v) is 12.6. The number of amides is 2. The SMILES string of the molecule is CCOC(=O)C(C)N1C(=O)S/C(=C/c2ccccc2)C1=O. The van der Waals surface area contributed by atoms with Crippen LogP contribution in [-0.4, -0.2) is 34.7 Å². The van der Waals surface area contributed by atoms with Crippen LogP contribution in [0.2, 0.25) is 0 Å². The molecule has 1 heterocycles. The molecule has 0 aromatic heterocycles. The molecule has 1 fully saturated rings. The van der Waals surface area contributed by atoms with Gasteiger partial charge in [-0.2, -0.15) is 0 Å². The smallest absolute Gasteiger partial charge is 0.329 e. The molecule has 1 atom stereocenters. The minimum absolute atomic E-state index is 0.208. The lowest BCUT2D eigenvalue weighted by Gasteiger charge is -2.19. The molecule has 0 spiro atoms. The van der Waals surface area contributed by atoms with Gasteiger partial charge in [0.1, 0.15) is 6.04 Å². The number of carbonyl (C=O) groups is 3. The van der Waals surface area contributed by atoms with E-state index in [9.17, 15) is 14.4 Å². The van der Waals surface area contributed by atoms with Crippen LogP contribution in [0.5, 0.6) is 0 Å². The van der Waals surface area contributed by atoms with E-state index in [0.29, 0.717) is 4.91 Å². The summed E-state index contributed by atoms with van der Waals surface area (Å²) < 4.78 is 4.85. The lowest BCUT2D eigenvalue weighted by atomic mass is 10.2. The van der Waals surface area contributed by atoms with Gasteiger partial charge in [0.15, 0.2) is 0 Å². The van der Waals surface area contributed by atoms with Gasteiger partial charge in [-0.15, -0.1) is 0 Å². The van der Waals surface area contributed by atoms with Crippen LogP contribution in [0.25, 0.3) is 6.08 Å². The maximum Gasteiger partial charge on any atom is 0.329 e. The highest BCUT2D eigenvalue weighted by Crippen LogP contribution is 2.33. The summed E-state index contributed by atoms with van der Waals surface area (Å²) in [5.74, 6) is -1.05. The third-order valence-electron chi connectivity index (χ3n) is 2.94. The van der Waals surface area contributed by atoms with Gasteiger partial charge in [-0.25, -0.2) is 4.79 Å². The summed E-state index contributed by atoms with van der Waals surface area (Å²) in [4.78, 5) is 37.2. The molecule has 6 heteroatoms. The Hall–Kier alpha value is -2.08. The minimum Gasteiger partial charge on any atom is -0.464 e. The van der Waals surface area contributed by atoms with Gasteiger partial charge in [0, 0.05) is 0 Å². The molecule has 0 aliphatic carbocycles. The molecule has 1 unspecified atom stereocenters. The van der Waals surface area contributed by atoms with Gasteiger partial charge in [0.25, 0.3) is 11.1 Å². The number of hydrogen-bond donors (Lipinski definition) is 0. The number of carbonyl (C=O) groups excluding carboxylic acids is 3. The summed E-state index contributed by atoms with van der Waals surface area (Å²) in [6, 6.07) is 8.31. The van der Waals surface area contributed by atoms with Crippen LogP contribution >= 0.6 is 11.8 Å². The minimum atomic E-state index is -0.917. The van der Waals surface area contributed by atoms with E-state index in [0.717, 1.165) is 22.2 Å². The normalized spacial score (nSPS) is 18.2. The molecule has 2 amide bonds. The van der Waals surface area contributed by atoms with Gasteiger partial charge in [0.05, 0.1) is 11.5 Å². The highest BCUT2D eigenvalue weighted by Gasteiger charge is 2.41. The van der Waals surface area contributed by atoms with Crippen molar-refractivity contribution in [3.8, 4) is 0 Å². The summed E-state index contributed by atoms with van der Waals surface area (Å²) >= 11 is 0.831. The number of thioether (sulfide) groups is 1. The monoisotopic (exact) mass is 305 g/mol. The van der Waals surface area contributed by atoms with Crippen LogP contribution in [0.3, 0.4) is 0 Å². The number of imide groups is 1. The summed E-state index contributed by atoms with van der Waals surface area (Å²) in [6.07, 6.45) is 1.64. The van der Waals surface area contributed by atoms with Gasteiger partial charge in [-0.3, -0.25) is 14.5 Å². The molecular formula is C15H15NO4S. The molecule has 0 saturated carbocycles. The first-order valence-corrected chi connectivity index (χ1v) is 7.35. The predicted octanol–water partition coefficient (Wildman–Crippen LogP) is 2.67. The third-order valence-corrected chi connectivity index (χ3v) is 3.82. The van der Waals surface area contributed by atoms with Gasteiger partial charge >= 0.3 is 5.97 Å². The maximum absolute atomic E-state index is 12.3. The van der Waals surface area contributed by atoms with Crippen molar-refractivity contribution in [2.75, 3.05) is 6.61 Å². The first-order chi connectivity index (χ1) is 10.0. The standard InChI is InChI=1S/C15H15NO4S/c1-3-20-14(18)10(2)16-13(17)12(21-15(16)19)9-11-7-5-4-6-8-11/h4-10H,3H2,1-2H3/b12-9+. The Morgan fingerprint density at radius 3 is 2.62 bits per heavy atom. The molecule has 1 aromatic carbocycles. The first kappa shape index (κ1) is 15.3. The number of ether oxygens (including phenoxy) is 1. The van der Waals surface area contributed by atoms with E-state index in [4.69, 9.17) is 4.74 Å². The number of hydrogen-bond acceptors (Lipinski definition) is 5. The second kappa shape index (κ2) is 6.58. The number of esters is 1. The zero-order chi connectivity index (χ0) is 15.4. The molecule has 1 saturated heterocycles. The molecule has 0 N–H and O–H groups in total. The number of nitrogens with zero attached hydrogens (tertiary/aromatic N) is 1. The molecule has 1 aromatic rings. The zero-order valence-electron chi connectivity index (χ0n) is 11.7. The average molecular weight is 305 g/mol. The van der Waals surface area contributed by atoms with Crippen LogP contribution < -0.4 is 0 Å². The highest BCUT2D eigenvalue weighted by molar-refractivity contribution is 8.18. The van der Waals surface area contributed by atoms with E-state index in [-0.39, 0.29) is 6.61 Å². The lowest BCUT2D eigenvalue weighted by Crippen LogP contribution is -2.42. The fourth-order valence-electron chi connectivity index (χ4n) is 1.88. The molecular weight excluding hydrogens is 290 g/mol. The van der Waals surface area contributed by atoms with Crippen LogP contribution in [0, 0.1) is 0 Å². The third kappa shape index (κ3) is 3.33. The second-order valence-electron chi connectivity index (χ2n) is 4.39. The van der Waals surface area contributed by atoms with Crippen molar-refractivity contribution in [2.45, 2.75) is 19.9 Å². The first-order valence-electron chi connectivity index (χ1n) is 6.53. The number of benzene rings is 1. The fraction of sp³-hybridized carbons (Fsp3) is 0.267. The lowest BCUT2D eigenvalue weighted by molar-refractivity contribution is -0.150. The Kier molecular flexibility index (Phi) is 4.80. The van der Waals surface area contributed by atoms with Crippen molar-refractivity contribution in [3.05, 3.63) is 40.8 Å². The Morgan fingerprint density at radius 1 is 1.33 bits per heavy atom. The van der Waals surface area contributed by atoms with Crippen LogP contribution in [0.4, 0.5) is 4.79 Å². The summed E-state index contributed by atoms with van der Waals surface area (Å²) in [6.45, 7) is 3.37. The Morgan fingerprint density at radius 2 is 2.00 bits per heavy atom. The Balaban J connectivity index is 2.21. The average Bonchev–Trinajstić information content (AvgIpc) is 2.74. The topological polar surface area (TPSA) is 63.7 Å². The van der Waals surface area contributed by atoms with E-state index in [2.05, 4.69) is 0 Å². The van der Waals surface area contributed by atoms with Gasteiger partial charge in [0.2, 0.25) is 0 Å². The quantitative estimate of drug-likeness (QED) is 0.632. The van der Waals surface area contributed by atoms with Crippen molar-refractivity contribution < 1.29 is 19.1 Å². The van der Waals surface area contributed by atoms with Crippen molar-refractivity contribution in [1.82, 2.24) is 4.90 Å². The van der Waals surface area contributed by atoms with Crippen LogP contribution in [0.1, 0.15) is 19.4 Å². The largest absolute Gasteiger partial charge is 0.464 e. The van der Waals surface area contributed by atoms with E-state index < -0.39 is 23.2 Å². The molecule has 0 bridgehead atoms. The van der Waals surface area contributed by atoms with Crippen LogP contribution in [0.15, 0.2) is 35.2 Å². The molecule has 1 aliphatic rings. The molecule has 1 aliphatic heterocycles. The highest BCUT2D eigenvalue weighted by atomic mass is 32.2. The second-order valence-corrected chi connectivity index (χ2v) is 5.38. The van der Waals surface area contributed by atoms with Crippen molar-refractivity contribution in [2.24, 2.45) is 0 Å². The predicted molar refractivity (Wildman–Crippen MR) is 80.3 cm³/mol. The molecule has 2 rings (SSSR count). The molecule has 0 radical (unpaired) electrons. The molecule has 21 heavy (non-hydrogen) atoms. The van der Waals surface area contributed by atoms with Gasteiger partial charge < -0.3 is 4.74 Å². The fourth-order valence-corrected chi connectivity index (χ4v) is 2.79. The van der Waals surface area contributed by atoms with Crippen molar-refractivity contribution in [3.63, 3.8) is 0 Å². The van der Waals surface area contributed by atoms with Gasteiger partial charge in [-0.1, -0.05) is 30.3 Å². The molecule has 5 nitrogen and oxygen atoms in total. The Labute approximate surface area is 127 Å². The maximum atomic E-state index is 12.3. The Bertz CT molecular complexity index is 597.